The van der Waals surface area contributed by atoms with E-state index in [2.05, 4.69) is 9.97 Å². The van der Waals surface area contributed by atoms with Gasteiger partial charge in [-0.05, 0) is 24.1 Å². The minimum Gasteiger partial charge on any atom is -0.508 e. The zero-order chi connectivity index (χ0) is 11.8. The molecule has 0 unspecified atom stereocenters. The molecule has 1 aliphatic carbocycles. The van der Waals surface area contributed by atoms with Crippen molar-refractivity contribution in [3.8, 4) is 17.1 Å². The van der Waals surface area contributed by atoms with Gasteiger partial charge < -0.3 is 10.8 Å². The highest BCUT2D eigenvalue weighted by molar-refractivity contribution is 5.57. The lowest BCUT2D eigenvalue weighted by molar-refractivity contribution is 0.475. The van der Waals surface area contributed by atoms with Gasteiger partial charge in [0.05, 0.1) is 0 Å². The number of phenolic OH excluding ortho intramolecular Hbond substituents is 1. The Morgan fingerprint density at radius 3 is 2.53 bits per heavy atom. The minimum absolute atomic E-state index is 0.222. The summed E-state index contributed by atoms with van der Waals surface area (Å²) in [7, 11) is 0. The van der Waals surface area contributed by atoms with Gasteiger partial charge in [0, 0.05) is 29.9 Å². The molecule has 1 aromatic heterocycles. The zero-order valence-electron chi connectivity index (χ0n) is 9.24. The molecule has 0 radical (unpaired) electrons. The summed E-state index contributed by atoms with van der Waals surface area (Å²) in [5, 5.41) is 9.39. The third-order valence-electron chi connectivity index (χ3n) is 3.04. The summed E-state index contributed by atoms with van der Waals surface area (Å²) in [6, 6.07) is 7.19. The van der Waals surface area contributed by atoms with Gasteiger partial charge >= 0.3 is 0 Å². The Bertz CT molecular complexity index is 539. The lowest BCUT2D eigenvalue weighted by atomic mass is 10.2. The number of aromatic nitrogens is 2. The lowest BCUT2D eigenvalue weighted by Gasteiger charge is -2.02. The molecule has 86 valence electrons. The average molecular weight is 227 g/mol. The molecule has 17 heavy (non-hydrogen) atoms. The molecular formula is C13H13N3O. The Morgan fingerprint density at radius 2 is 1.94 bits per heavy atom. The summed E-state index contributed by atoms with van der Waals surface area (Å²) < 4.78 is 0. The van der Waals surface area contributed by atoms with Crippen molar-refractivity contribution >= 4 is 0 Å². The average Bonchev–Trinajstić information content (AvgIpc) is 3.07. The van der Waals surface area contributed by atoms with E-state index in [1.54, 1.807) is 18.2 Å². The number of rotatable bonds is 2. The Balaban J connectivity index is 1.89. The number of nitrogens with zero attached hydrogens (tertiary/aromatic N) is 2. The molecule has 2 aromatic rings. The van der Waals surface area contributed by atoms with Crippen LogP contribution in [-0.4, -0.2) is 21.1 Å². The van der Waals surface area contributed by atoms with Crippen LogP contribution in [0.3, 0.4) is 0 Å². The van der Waals surface area contributed by atoms with Gasteiger partial charge in [-0.2, -0.15) is 0 Å². The van der Waals surface area contributed by atoms with Crippen LogP contribution in [0.2, 0.25) is 0 Å². The molecule has 2 atom stereocenters. The van der Waals surface area contributed by atoms with Gasteiger partial charge in [-0.1, -0.05) is 12.1 Å². The second kappa shape index (κ2) is 3.82. The van der Waals surface area contributed by atoms with Gasteiger partial charge in [0.15, 0.2) is 5.82 Å². The van der Waals surface area contributed by atoms with Gasteiger partial charge in [-0.3, -0.25) is 0 Å². The van der Waals surface area contributed by atoms with Crippen LogP contribution in [-0.2, 0) is 0 Å². The van der Waals surface area contributed by atoms with Crippen LogP contribution in [0.15, 0.2) is 36.7 Å². The smallest absolute Gasteiger partial charge is 0.159 e. The first-order valence-corrected chi connectivity index (χ1v) is 5.61. The van der Waals surface area contributed by atoms with Crippen molar-refractivity contribution in [3.63, 3.8) is 0 Å². The van der Waals surface area contributed by atoms with Crippen LogP contribution in [0.4, 0.5) is 0 Å². The summed E-state index contributed by atoms with van der Waals surface area (Å²) in [6.45, 7) is 0. The summed E-state index contributed by atoms with van der Waals surface area (Å²) in [6.07, 6.45) is 4.67. The SMILES string of the molecule is N[C@@H]1C[C@H]1c1cnc(-c2cccc(O)c2)nc1. The fraction of sp³-hybridized carbons (Fsp3) is 0.231. The molecule has 0 bridgehead atoms. The van der Waals surface area contributed by atoms with E-state index in [1.165, 1.54) is 0 Å². The van der Waals surface area contributed by atoms with Crippen molar-refractivity contribution in [1.29, 1.82) is 0 Å². The van der Waals surface area contributed by atoms with Crippen LogP contribution < -0.4 is 5.73 Å². The molecule has 0 spiro atoms. The molecule has 1 saturated carbocycles. The van der Waals surface area contributed by atoms with E-state index in [1.807, 2.05) is 18.5 Å². The molecule has 1 aromatic carbocycles. The Hall–Kier alpha value is -1.94. The maximum atomic E-state index is 9.39. The van der Waals surface area contributed by atoms with Crippen molar-refractivity contribution < 1.29 is 5.11 Å². The van der Waals surface area contributed by atoms with Gasteiger partial charge in [0.2, 0.25) is 0 Å². The zero-order valence-corrected chi connectivity index (χ0v) is 9.24. The lowest BCUT2D eigenvalue weighted by Crippen LogP contribution is -2.01. The normalized spacial score (nSPS) is 22.4. The topological polar surface area (TPSA) is 72.0 Å². The van der Waals surface area contributed by atoms with E-state index in [0.717, 1.165) is 17.5 Å². The molecule has 0 saturated heterocycles. The molecule has 4 heteroatoms. The van der Waals surface area contributed by atoms with Crippen molar-refractivity contribution in [1.82, 2.24) is 9.97 Å². The highest BCUT2D eigenvalue weighted by atomic mass is 16.3. The molecular weight excluding hydrogens is 214 g/mol. The van der Waals surface area contributed by atoms with Crippen LogP contribution in [0.5, 0.6) is 5.75 Å². The van der Waals surface area contributed by atoms with Gasteiger partial charge in [-0.15, -0.1) is 0 Å². The predicted octanol–water partition coefficient (Wildman–Crippen LogP) is 1.66. The molecule has 1 aliphatic rings. The van der Waals surface area contributed by atoms with E-state index in [9.17, 15) is 5.11 Å². The Morgan fingerprint density at radius 1 is 1.24 bits per heavy atom. The first kappa shape index (κ1) is 10.2. The first-order chi connectivity index (χ1) is 8.24. The summed E-state index contributed by atoms with van der Waals surface area (Å²) >= 11 is 0. The fourth-order valence-corrected chi connectivity index (χ4v) is 1.92. The van der Waals surface area contributed by atoms with Crippen molar-refractivity contribution in [3.05, 3.63) is 42.2 Å². The molecule has 3 N–H and O–H groups in total. The fourth-order valence-electron chi connectivity index (χ4n) is 1.92. The minimum atomic E-state index is 0.222. The summed E-state index contributed by atoms with van der Waals surface area (Å²) in [5.41, 5.74) is 7.69. The van der Waals surface area contributed by atoms with Gasteiger partial charge in [0.25, 0.3) is 0 Å². The molecule has 0 amide bonds. The van der Waals surface area contributed by atoms with Crippen LogP contribution >= 0.6 is 0 Å². The molecule has 1 fully saturated rings. The second-order valence-corrected chi connectivity index (χ2v) is 4.40. The monoisotopic (exact) mass is 227 g/mol. The third-order valence-corrected chi connectivity index (χ3v) is 3.04. The number of nitrogens with two attached hydrogens (primary N) is 1. The number of hydrogen-bond acceptors (Lipinski definition) is 4. The van der Waals surface area contributed by atoms with E-state index in [-0.39, 0.29) is 11.8 Å². The summed E-state index contributed by atoms with van der Waals surface area (Å²) in [5.74, 6) is 1.27. The van der Waals surface area contributed by atoms with E-state index in [4.69, 9.17) is 5.73 Å². The van der Waals surface area contributed by atoms with E-state index < -0.39 is 0 Å². The molecule has 3 rings (SSSR count). The van der Waals surface area contributed by atoms with Crippen molar-refractivity contribution in [2.75, 3.05) is 0 Å². The van der Waals surface area contributed by atoms with E-state index in [0.29, 0.717) is 11.7 Å². The maximum absolute atomic E-state index is 9.39. The number of phenols is 1. The molecule has 1 heterocycles. The number of aromatic hydroxyl groups is 1. The number of benzene rings is 1. The van der Waals surface area contributed by atoms with Crippen molar-refractivity contribution in [2.45, 2.75) is 18.4 Å². The Labute approximate surface area is 99.2 Å². The highest BCUT2D eigenvalue weighted by Crippen LogP contribution is 2.38. The molecule has 0 aliphatic heterocycles. The largest absolute Gasteiger partial charge is 0.508 e. The maximum Gasteiger partial charge on any atom is 0.159 e. The summed E-state index contributed by atoms with van der Waals surface area (Å²) in [4.78, 5) is 8.62. The number of hydrogen-bond donors (Lipinski definition) is 2. The van der Waals surface area contributed by atoms with Crippen LogP contribution in [0, 0.1) is 0 Å². The Kier molecular flexibility index (Phi) is 2.30. The van der Waals surface area contributed by atoms with Crippen LogP contribution in [0.1, 0.15) is 17.9 Å². The van der Waals surface area contributed by atoms with E-state index >= 15 is 0 Å². The highest BCUT2D eigenvalue weighted by Gasteiger charge is 2.35. The third kappa shape index (κ3) is 1.99. The predicted molar refractivity (Wildman–Crippen MR) is 64.5 cm³/mol. The second-order valence-electron chi connectivity index (χ2n) is 4.40. The first-order valence-electron chi connectivity index (χ1n) is 5.61. The standard InChI is InChI=1S/C13H13N3O/c14-12-5-11(12)9-6-15-13(16-7-9)8-2-1-3-10(17)4-8/h1-4,6-7,11-12,17H,5,14H2/t11-,12+/m0/s1. The van der Waals surface area contributed by atoms with Gasteiger partial charge in [0.1, 0.15) is 5.75 Å². The van der Waals surface area contributed by atoms with Crippen LogP contribution in [0.25, 0.3) is 11.4 Å². The van der Waals surface area contributed by atoms with Crippen molar-refractivity contribution in [2.24, 2.45) is 5.73 Å². The quantitative estimate of drug-likeness (QED) is 0.818. The molecule has 4 nitrogen and oxygen atoms in total. The van der Waals surface area contributed by atoms with Gasteiger partial charge in [-0.25, -0.2) is 9.97 Å².